The van der Waals surface area contributed by atoms with Gasteiger partial charge in [0.25, 0.3) is 11.5 Å². The van der Waals surface area contributed by atoms with Crippen molar-refractivity contribution in [1.82, 2.24) is 4.57 Å². The van der Waals surface area contributed by atoms with E-state index < -0.39 is 11.9 Å². The Kier molecular flexibility index (Phi) is 5.77. The van der Waals surface area contributed by atoms with E-state index in [2.05, 4.69) is 10.3 Å². The van der Waals surface area contributed by atoms with Gasteiger partial charge in [-0.3, -0.25) is 14.2 Å². The minimum absolute atomic E-state index is 0.251. The molecule has 1 aromatic heterocycles. The number of hydrogen-bond donors (Lipinski definition) is 1. The van der Waals surface area contributed by atoms with E-state index >= 15 is 0 Å². The molecule has 1 N–H and O–H groups in total. The molecule has 0 unspecified atom stereocenters. The standard InChI is InChI=1S/C27H20FN3O2S/c1-17-23(25(32)30-21-10-6-3-7-11-21)24(19-12-14-20(28)15-13-19)31-26(33)22(34-27(31)29-17)16-18-8-4-2-5-9-18/h2-16,24H,1H3,(H,30,32)/b22-16+/t24-/m1/s1. The van der Waals surface area contributed by atoms with Crippen LogP contribution >= 0.6 is 11.3 Å². The van der Waals surface area contributed by atoms with Gasteiger partial charge in [-0.1, -0.05) is 72.0 Å². The number of benzene rings is 3. The lowest BCUT2D eigenvalue weighted by Gasteiger charge is -2.25. The molecule has 4 aromatic rings. The maximum atomic E-state index is 13.7. The van der Waals surface area contributed by atoms with Gasteiger partial charge < -0.3 is 5.32 Å². The number of nitrogens with one attached hydrogen (secondary N) is 1. The predicted octanol–water partition coefficient (Wildman–Crippen LogP) is 4.01. The van der Waals surface area contributed by atoms with Crippen molar-refractivity contribution >= 4 is 29.0 Å². The maximum Gasteiger partial charge on any atom is 0.271 e. The fourth-order valence-electron chi connectivity index (χ4n) is 3.99. The Hall–Kier alpha value is -4.10. The van der Waals surface area contributed by atoms with Crippen molar-refractivity contribution in [2.45, 2.75) is 13.0 Å². The van der Waals surface area contributed by atoms with Gasteiger partial charge in [-0.05, 0) is 48.4 Å². The van der Waals surface area contributed by atoms with Gasteiger partial charge in [0.05, 0.1) is 21.8 Å². The highest BCUT2D eigenvalue weighted by molar-refractivity contribution is 7.07. The molecule has 0 bridgehead atoms. The third-order valence-electron chi connectivity index (χ3n) is 5.58. The van der Waals surface area contributed by atoms with Gasteiger partial charge in [0.15, 0.2) is 4.80 Å². The van der Waals surface area contributed by atoms with E-state index in [1.807, 2.05) is 54.6 Å². The second-order valence-corrected chi connectivity index (χ2v) is 8.87. The van der Waals surface area contributed by atoms with Crippen LogP contribution in [0.3, 0.4) is 0 Å². The minimum Gasteiger partial charge on any atom is -0.322 e. The Bertz CT molecular complexity index is 1570. The van der Waals surface area contributed by atoms with Crippen LogP contribution in [-0.4, -0.2) is 10.5 Å². The second kappa shape index (κ2) is 9.03. The number of nitrogens with zero attached hydrogens (tertiary/aromatic N) is 2. The van der Waals surface area contributed by atoms with Crippen LogP contribution in [-0.2, 0) is 4.79 Å². The lowest BCUT2D eigenvalue weighted by Crippen LogP contribution is -2.40. The molecule has 5 rings (SSSR count). The van der Waals surface area contributed by atoms with Crippen LogP contribution in [0.25, 0.3) is 6.08 Å². The van der Waals surface area contributed by atoms with Gasteiger partial charge in [-0.2, -0.15) is 0 Å². The molecule has 1 amide bonds. The maximum absolute atomic E-state index is 13.7. The van der Waals surface area contributed by atoms with Crippen molar-refractivity contribution < 1.29 is 9.18 Å². The quantitative estimate of drug-likeness (QED) is 0.491. The topological polar surface area (TPSA) is 63.5 Å². The Morgan fingerprint density at radius 3 is 2.32 bits per heavy atom. The number of allylic oxidation sites excluding steroid dienone is 1. The van der Waals surface area contributed by atoms with Gasteiger partial charge in [0.2, 0.25) is 0 Å². The number of anilines is 1. The van der Waals surface area contributed by atoms with Crippen LogP contribution in [0, 0.1) is 5.82 Å². The summed E-state index contributed by atoms with van der Waals surface area (Å²) < 4.78 is 15.8. The van der Waals surface area contributed by atoms with E-state index in [0.717, 1.165) is 5.56 Å². The van der Waals surface area contributed by atoms with E-state index in [0.29, 0.717) is 31.9 Å². The summed E-state index contributed by atoms with van der Waals surface area (Å²) in [7, 11) is 0. The molecule has 0 fully saturated rings. The molecule has 1 aliphatic heterocycles. The SMILES string of the molecule is CC1=C(C(=O)Nc2ccccc2)[C@@H](c2ccc(F)cc2)n2c(s/c(=C/c3ccccc3)c2=O)=N1. The van der Waals surface area contributed by atoms with E-state index in [1.165, 1.54) is 28.0 Å². The molecule has 1 atom stereocenters. The first-order valence-electron chi connectivity index (χ1n) is 10.7. The highest BCUT2D eigenvalue weighted by Gasteiger charge is 2.32. The van der Waals surface area contributed by atoms with Gasteiger partial charge >= 0.3 is 0 Å². The number of hydrogen-bond acceptors (Lipinski definition) is 4. The number of carbonyl (C=O) groups is 1. The van der Waals surface area contributed by atoms with Gasteiger partial charge in [0.1, 0.15) is 5.82 Å². The minimum atomic E-state index is -0.738. The Labute approximate surface area is 198 Å². The third kappa shape index (κ3) is 4.13. The Balaban J connectivity index is 1.68. The van der Waals surface area contributed by atoms with Crippen LogP contribution in [0.15, 0.2) is 106 Å². The van der Waals surface area contributed by atoms with E-state index in [-0.39, 0.29) is 11.5 Å². The van der Waals surface area contributed by atoms with Gasteiger partial charge in [0, 0.05) is 5.69 Å². The zero-order chi connectivity index (χ0) is 23.7. The number of carbonyl (C=O) groups excluding carboxylic acids is 1. The number of para-hydroxylation sites is 1. The smallest absolute Gasteiger partial charge is 0.271 e. The van der Waals surface area contributed by atoms with Crippen LogP contribution in [0.2, 0.25) is 0 Å². The molecule has 0 radical (unpaired) electrons. The molecular weight excluding hydrogens is 449 g/mol. The normalized spacial score (nSPS) is 15.6. The summed E-state index contributed by atoms with van der Waals surface area (Å²) in [5.41, 5.74) is 2.75. The molecule has 0 saturated heterocycles. The summed E-state index contributed by atoms with van der Waals surface area (Å²) in [6.45, 7) is 1.75. The van der Waals surface area contributed by atoms with Crippen molar-refractivity contribution in [3.63, 3.8) is 0 Å². The fourth-order valence-corrected chi connectivity index (χ4v) is 5.04. The first kappa shape index (κ1) is 21.7. The largest absolute Gasteiger partial charge is 0.322 e. The molecule has 0 aliphatic carbocycles. The summed E-state index contributed by atoms with van der Waals surface area (Å²) in [4.78, 5) is 32.1. The number of rotatable bonds is 4. The van der Waals surface area contributed by atoms with Gasteiger partial charge in [-0.25, -0.2) is 9.38 Å². The molecular formula is C27H20FN3O2S. The summed E-state index contributed by atoms with van der Waals surface area (Å²) >= 11 is 1.27. The van der Waals surface area contributed by atoms with E-state index in [9.17, 15) is 14.0 Å². The van der Waals surface area contributed by atoms with Crippen molar-refractivity contribution in [1.29, 1.82) is 0 Å². The fraction of sp³-hybridized carbons (Fsp3) is 0.0741. The highest BCUT2D eigenvalue weighted by atomic mass is 32.1. The van der Waals surface area contributed by atoms with Gasteiger partial charge in [-0.15, -0.1) is 0 Å². The number of aromatic nitrogens is 1. The zero-order valence-electron chi connectivity index (χ0n) is 18.2. The third-order valence-corrected chi connectivity index (χ3v) is 6.56. The first-order chi connectivity index (χ1) is 16.5. The zero-order valence-corrected chi connectivity index (χ0v) is 19.1. The first-order valence-corrected chi connectivity index (χ1v) is 11.5. The average molecular weight is 470 g/mol. The Morgan fingerprint density at radius 1 is 1.00 bits per heavy atom. The number of thiazole rings is 1. The Morgan fingerprint density at radius 2 is 1.65 bits per heavy atom. The molecule has 5 nitrogen and oxygen atoms in total. The van der Waals surface area contributed by atoms with Crippen LogP contribution in [0.4, 0.5) is 10.1 Å². The van der Waals surface area contributed by atoms with Crippen molar-refractivity contribution in [2.75, 3.05) is 5.32 Å². The summed E-state index contributed by atoms with van der Waals surface area (Å²) in [5, 5.41) is 2.90. The number of halogens is 1. The van der Waals surface area contributed by atoms with Crippen LogP contribution < -0.4 is 20.2 Å². The second-order valence-electron chi connectivity index (χ2n) is 7.86. The van der Waals surface area contributed by atoms with E-state index in [1.54, 1.807) is 31.2 Å². The molecule has 3 aromatic carbocycles. The average Bonchev–Trinajstić information content (AvgIpc) is 3.14. The highest BCUT2D eigenvalue weighted by Crippen LogP contribution is 2.30. The predicted molar refractivity (Wildman–Crippen MR) is 132 cm³/mol. The lowest BCUT2D eigenvalue weighted by molar-refractivity contribution is -0.113. The van der Waals surface area contributed by atoms with E-state index in [4.69, 9.17) is 0 Å². The molecule has 0 spiro atoms. The number of fused-ring (bicyclic) bond motifs is 1. The summed E-state index contributed by atoms with van der Waals surface area (Å²) in [6.07, 6.45) is 1.81. The molecule has 168 valence electrons. The lowest BCUT2D eigenvalue weighted by atomic mass is 9.95. The summed E-state index contributed by atoms with van der Waals surface area (Å²) in [6, 6.07) is 23.8. The van der Waals surface area contributed by atoms with Crippen molar-refractivity contribution in [3.8, 4) is 0 Å². The van der Waals surface area contributed by atoms with Crippen molar-refractivity contribution in [2.24, 2.45) is 4.99 Å². The number of amides is 1. The summed E-state index contributed by atoms with van der Waals surface area (Å²) in [5.74, 6) is -0.754. The molecule has 0 saturated carbocycles. The molecule has 7 heteroatoms. The van der Waals surface area contributed by atoms with Crippen LogP contribution in [0.1, 0.15) is 24.1 Å². The molecule has 1 aliphatic rings. The van der Waals surface area contributed by atoms with Crippen molar-refractivity contribution in [3.05, 3.63) is 133 Å². The monoisotopic (exact) mass is 469 g/mol. The van der Waals surface area contributed by atoms with Crippen LogP contribution in [0.5, 0.6) is 0 Å². The molecule has 34 heavy (non-hydrogen) atoms. The molecule has 2 heterocycles.